The van der Waals surface area contributed by atoms with E-state index in [1.807, 2.05) is 12.1 Å². The molecule has 2 rings (SSSR count). The highest BCUT2D eigenvalue weighted by Crippen LogP contribution is 2.18. The number of hydrogen-bond acceptors (Lipinski definition) is 3. The summed E-state index contributed by atoms with van der Waals surface area (Å²) in [6.45, 7) is 4.51. The second-order valence-electron chi connectivity index (χ2n) is 4.15. The monoisotopic (exact) mass is 208 g/mol. The Morgan fingerprint density at radius 3 is 2.80 bits per heavy atom. The minimum Gasteiger partial charge on any atom is -0.468 e. The molecule has 0 aliphatic carbocycles. The number of nitrogens with zero attached hydrogens (tertiary/aromatic N) is 1. The number of hydrogen-bond donors (Lipinski definition) is 1. The molecular weight excluding hydrogens is 188 g/mol. The van der Waals surface area contributed by atoms with E-state index in [4.69, 9.17) is 4.42 Å². The Morgan fingerprint density at radius 2 is 2.20 bits per heavy atom. The molecule has 1 aliphatic rings. The summed E-state index contributed by atoms with van der Waals surface area (Å²) in [5, 5.41) is 2.33. The maximum Gasteiger partial charge on any atom is 0.122 e. The fraction of sp³-hybridized carbons (Fsp3) is 0.667. The molecule has 1 N–H and O–H groups in total. The van der Waals surface area contributed by atoms with Gasteiger partial charge < -0.3 is 4.42 Å². The first-order valence-electron chi connectivity index (χ1n) is 5.94. The van der Waals surface area contributed by atoms with Crippen LogP contribution in [0.1, 0.15) is 44.4 Å². The summed E-state index contributed by atoms with van der Waals surface area (Å²) < 4.78 is 5.44. The molecule has 0 aromatic carbocycles. The van der Waals surface area contributed by atoms with E-state index in [1.54, 1.807) is 6.26 Å². The van der Waals surface area contributed by atoms with E-state index < -0.39 is 0 Å². The number of piperidine rings is 1. The van der Waals surface area contributed by atoms with E-state index in [-0.39, 0.29) is 0 Å². The van der Waals surface area contributed by atoms with Crippen molar-refractivity contribution in [3.8, 4) is 0 Å². The lowest BCUT2D eigenvalue weighted by molar-refractivity contribution is 0.119. The number of furan rings is 1. The van der Waals surface area contributed by atoms with Crippen molar-refractivity contribution in [3.63, 3.8) is 0 Å². The molecule has 3 heteroatoms. The zero-order valence-electron chi connectivity index (χ0n) is 9.41. The van der Waals surface area contributed by atoms with Gasteiger partial charge in [-0.25, -0.2) is 10.4 Å². The number of hydrazine groups is 1. The predicted molar refractivity (Wildman–Crippen MR) is 60.3 cm³/mol. The molecule has 0 amide bonds. The minimum atomic E-state index is 0.332. The quantitative estimate of drug-likeness (QED) is 0.824. The Balaban J connectivity index is 1.90. The molecule has 0 spiro atoms. The molecule has 3 nitrogen and oxygen atoms in total. The molecule has 0 radical (unpaired) electrons. The summed E-state index contributed by atoms with van der Waals surface area (Å²) in [6.07, 6.45) is 6.79. The first kappa shape index (κ1) is 10.7. The minimum absolute atomic E-state index is 0.332. The average molecular weight is 208 g/mol. The highest BCUT2D eigenvalue weighted by atomic mass is 16.3. The van der Waals surface area contributed by atoms with E-state index in [2.05, 4.69) is 17.4 Å². The van der Waals surface area contributed by atoms with E-state index >= 15 is 0 Å². The highest BCUT2D eigenvalue weighted by molar-refractivity contribution is 5.03. The van der Waals surface area contributed by atoms with Gasteiger partial charge in [0.2, 0.25) is 0 Å². The summed E-state index contributed by atoms with van der Waals surface area (Å²) in [5.41, 5.74) is 3.55. The van der Waals surface area contributed by atoms with Gasteiger partial charge >= 0.3 is 0 Å². The van der Waals surface area contributed by atoms with Crippen molar-refractivity contribution < 1.29 is 4.42 Å². The third kappa shape index (κ3) is 2.83. The average Bonchev–Trinajstić information content (AvgIpc) is 2.81. The summed E-state index contributed by atoms with van der Waals surface area (Å²) in [6, 6.07) is 4.33. The Hall–Kier alpha value is -0.800. The van der Waals surface area contributed by atoms with Gasteiger partial charge in [-0.05, 0) is 31.4 Å². The third-order valence-corrected chi connectivity index (χ3v) is 2.99. The topological polar surface area (TPSA) is 28.4 Å². The number of rotatable bonds is 4. The van der Waals surface area contributed by atoms with Crippen LogP contribution >= 0.6 is 0 Å². The van der Waals surface area contributed by atoms with E-state index in [0.717, 1.165) is 25.3 Å². The fourth-order valence-electron chi connectivity index (χ4n) is 2.09. The van der Waals surface area contributed by atoms with Crippen LogP contribution in [0.3, 0.4) is 0 Å². The smallest absolute Gasteiger partial charge is 0.122 e. The van der Waals surface area contributed by atoms with Crippen molar-refractivity contribution in [3.05, 3.63) is 24.2 Å². The van der Waals surface area contributed by atoms with E-state index in [0.29, 0.717) is 6.04 Å². The normalized spacial score (nSPS) is 20.3. The van der Waals surface area contributed by atoms with Crippen LogP contribution in [0.25, 0.3) is 0 Å². The van der Waals surface area contributed by atoms with Gasteiger partial charge in [0.05, 0.1) is 12.3 Å². The van der Waals surface area contributed by atoms with Crippen LogP contribution in [0.4, 0.5) is 0 Å². The second kappa shape index (κ2) is 5.33. The summed E-state index contributed by atoms with van der Waals surface area (Å²) >= 11 is 0. The van der Waals surface area contributed by atoms with Gasteiger partial charge in [-0.2, -0.15) is 0 Å². The van der Waals surface area contributed by atoms with Gasteiger partial charge in [-0.3, -0.25) is 0 Å². The molecule has 1 fully saturated rings. The molecule has 1 atom stereocenters. The van der Waals surface area contributed by atoms with Crippen LogP contribution < -0.4 is 5.43 Å². The van der Waals surface area contributed by atoms with Crippen molar-refractivity contribution in [2.24, 2.45) is 0 Å². The van der Waals surface area contributed by atoms with Crippen LogP contribution in [-0.2, 0) is 0 Å². The predicted octanol–water partition coefficient (Wildman–Crippen LogP) is 2.72. The van der Waals surface area contributed by atoms with Crippen molar-refractivity contribution in [1.82, 2.24) is 10.4 Å². The third-order valence-electron chi connectivity index (χ3n) is 2.99. The van der Waals surface area contributed by atoms with Crippen molar-refractivity contribution in [2.45, 2.75) is 38.6 Å². The van der Waals surface area contributed by atoms with Gasteiger partial charge in [0, 0.05) is 13.1 Å². The summed E-state index contributed by atoms with van der Waals surface area (Å²) in [7, 11) is 0. The lowest BCUT2D eigenvalue weighted by atomic mass is 10.1. The maximum absolute atomic E-state index is 5.44. The zero-order chi connectivity index (χ0) is 10.5. The zero-order valence-corrected chi connectivity index (χ0v) is 9.41. The molecule has 1 aliphatic heterocycles. The molecule has 0 bridgehead atoms. The number of nitrogens with one attached hydrogen (secondary N) is 1. The van der Waals surface area contributed by atoms with Crippen LogP contribution in [0.2, 0.25) is 0 Å². The first-order chi connectivity index (χ1) is 7.40. The Bertz CT molecular complexity index is 265. The largest absolute Gasteiger partial charge is 0.468 e. The van der Waals surface area contributed by atoms with Gasteiger partial charge in [0.1, 0.15) is 5.76 Å². The Morgan fingerprint density at radius 1 is 1.40 bits per heavy atom. The SMILES string of the molecule is CCC(NN1CCCCC1)c1ccco1. The van der Waals surface area contributed by atoms with Crippen LogP contribution in [-0.4, -0.2) is 18.1 Å². The Labute approximate surface area is 91.4 Å². The van der Waals surface area contributed by atoms with Gasteiger partial charge in [0.25, 0.3) is 0 Å². The lowest BCUT2D eigenvalue weighted by Crippen LogP contribution is -2.43. The molecule has 2 heterocycles. The van der Waals surface area contributed by atoms with Crippen LogP contribution in [0, 0.1) is 0 Å². The molecule has 0 saturated carbocycles. The molecule has 1 saturated heterocycles. The molecule has 15 heavy (non-hydrogen) atoms. The van der Waals surface area contributed by atoms with E-state index in [9.17, 15) is 0 Å². The molecule has 1 aromatic heterocycles. The molecule has 1 unspecified atom stereocenters. The van der Waals surface area contributed by atoms with Gasteiger partial charge in [0.15, 0.2) is 0 Å². The maximum atomic E-state index is 5.44. The van der Waals surface area contributed by atoms with Crippen molar-refractivity contribution in [1.29, 1.82) is 0 Å². The van der Waals surface area contributed by atoms with E-state index in [1.165, 1.54) is 19.3 Å². The standard InChI is InChI=1S/C12H20N2O/c1-2-11(12-7-6-10-15-12)13-14-8-4-3-5-9-14/h6-7,10-11,13H,2-5,8-9H2,1H3. The van der Waals surface area contributed by atoms with Gasteiger partial charge in [-0.15, -0.1) is 0 Å². The second-order valence-corrected chi connectivity index (χ2v) is 4.15. The highest BCUT2D eigenvalue weighted by Gasteiger charge is 2.17. The first-order valence-corrected chi connectivity index (χ1v) is 5.94. The van der Waals surface area contributed by atoms with Crippen LogP contribution in [0.5, 0.6) is 0 Å². The van der Waals surface area contributed by atoms with Crippen molar-refractivity contribution >= 4 is 0 Å². The lowest BCUT2D eigenvalue weighted by Gasteiger charge is -2.30. The summed E-state index contributed by atoms with van der Waals surface area (Å²) in [4.78, 5) is 0. The van der Waals surface area contributed by atoms with Gasteiger partial charge in [-0.1, -0.05) is 13.3 Å². The summed E-state index contributed by atoms with van der Waals surface area (Å²) in [5.74, 6) is 1.04. The fourth-order valence-corrected chi connectivity index (χ4v) is 2.09. The van der Waals surface area contributed by atoms with Crippen molar-refractivity contribution in [2.75, 3.05) is 13.1 Å². The Kier molecular flexibility index (Phi) is 3.80. The molecule has 1 aromatic rings. The molecule has 84 valence electrons. The molecular formula is C12H20N2O. The van der Waals surface area contributed by atoms with Crippen LogP contribution in [0.15, 0.2) is 22.8 Å².